The standard InChI is InChI=1S/C25H25FN4O2/c1-2-13-29-14-15-30(24(31)22-17-27-11-12-28-22)23(25(29)32)16-19-5-3-4-6-21(19)18-7-9-20(26)10-8-18/h3-12,17,23H,2,13-16H2,1H3/t23-/m0/s1. The van der Waals surface area contributed by atoms with Gasteiger partial charge in [-0.1, -0.05) is 43.3 Å². The van der Waals surface area contributed by atoms with E-state index in [1.165, 1.54) is 30.7 Å². The number of hydrogen-bond donors (Lipinski definition) is 0. The second-order valence-corrected chi connectivity index (χ2v) is 7.80. The summed E-state index contributed by atoms with van der Waals surface area (Å²) in [4.78, 5) is 38.2. The summed E-state index contributed by atoms with van der Waals surface area (Å²) in [7, 11) is 0. The number of carbonyl (C=O) groups excluding carboxylic acids is 2. The van der Waals surface area contributed by atoms with Crippen molar-refractivity contribution in [2.75, 3.05) is 19.6 Å². The van der Waals surface area contributed by atoms with E-state index in [4.69, 9.17) is 0 Å². The zero-order valence-corrected chi connectivity index (χ0v) is 17.9. The Labute approximate surface area is 186 Å². The number of nitrogens with zero attached hydrogens (tertiary/aromatic N) is 4. The number of carbonyl (C=O) groups is 2. The fourth-order valence-electron chi connectivity index (χ4n) is 4.15. The Morgan fingerprint density at radius 3 is 2.59 bits per heavy atom. The highest BCUT2D eigenvalue weighted by atomic mass is 19.1. The molecule has 2 heterocycles. The van der Waals surface area contributed by atoms with Crippen molar-refractivity contribution in [1.29, 1.82) is 0 Å². The predicted molar refractivity (Wildman–Crippen MR) is 119 cm³/mol. The molecule has 7 heteroatoms. The Hall–Kier alpha value is -3.61. The molecule has 2 amide bonds. The summed E-state index contributed by atoms with van der Waals surface area (Å²) >= 11 is 0. The number of amides is 2. The molecule has 6 nitrogen and oxygen atoms in total. The van der Waals surface area contributed by atoms with E-state index >= 15 is 0 Å². The molecule has 164 valence electrons. The van der Waals surface area contributed by atoms with Gasteiger partial charge in [-0.25, -0.2) is 9.37 Å². The average molecular weight is 432 g/mol. The summed E-state index contributed by atoms with van der Waals surface area (Å²) in [6.07, 6.45) is 5.62. The maximum absolute atomic E-state index is 13.4. The third kappa shape index (κ3) is 4.51. The minimum atomic E-state index is -0.647. The van der Waals surface area contributed by atoms with Crippen LogP contribution in [0.2, 0.25) is 0 Å². The summed E-state index contributed by atoms with van der Waals surface area (Å²) in [5, 5.41) is 0. The highest BCUT2D eigenvalue weighted by molar-refractivity contribution is 5.97. The predicted octanol–water partition coefficient (Wildman–Crippen LogP) is 3.59. The van der Waals surface area contributed by atoms with Crippen LogP contribution in [0.5, 0.6) is 0 Å². The second kappa shape index (κ2) is 9.68. The number of hydrogen-bond acceptors (Lipinski definition) is 4. The largest absolute Gasteiger partial charge is 0.339 e. The lowest BCUT2D eigenvalue weighted by Crippen LogP contribution is -2.59. The van der Waals surface area contributed by atoms with E-state index < -0.39 is 6.04 Å². The SMILES string of the molecule is CCCN1CCN(C(=O)c2cnccn2)[C@@H](Cc2ccccc2-c2ccc(F)cc2)C1=O. The molecule has 0 aliphatic carbocycles. The molecule has 2 aromatic carbocycles. The van der Waals surface area contributed by atoms with Crippen LogP contribution in [0.4, 0.5) is 4.39 Å². The zero-order chi connectivity index (χ0) is 22.5. The molecule has 1 aromatic heterocycles. The van der Waals surface area contributed by atoms with E-state index in [1.807, 2.05) is 36.1 Å². The van der Waals surface area contributed by atoms with Crippen LogP contribution in [0.3, 0.4) is 0 Å². The molecule has 1 fully saturated rings. The molecule has 1 aliphatic heterocycles. The van der Waals surface area contributed by atoms with Crippen LogP contribution < -0.4 is 0 Å². The lowest BCUT2D eigenvalue weighted by molar-refractivity contribution is -0.140. The lowest BCUT2D eigenvalue weighted by Gasteiger charge is -2.40. The van der Waals surface area contributed by atoms with Crippen LogP contribution in [0.1, 0.15) is 29.4 Å². The maximum atomic E-state index is 13.4. The molecule has 0 saturated carbocycles. The molecule has 1 atom stereocenters. The smallest absolute Gasteiger partial charge is 0.274 e. The quantitative estimate of drug-likeness (QED) is 0.597. The van der Waals surface area contributed by atoms with Gasteiger partial charge < -0.3 is 9.80 Å². The number of piperazine rings is 1. The molecule has 1 saturated heterocycles. The summed E-state index contributed by atoms with van der Waals surface area (Å²) in [5.74, 6) is -0.666. The van der Waals surface area contributed by atoms with Gasteiger partial charge in [0, 0.05) is 38.4 Å². The Morgan fingerprint density at radius 1 is 1.09 bits per heavy atom. The van der Waals surface area contributed by atoms with Gasteiger partial charge >= 0.3 is 0 Å². The van der Waals surface area contributed by atoms with E-state index in [9.17, 15) is 14.0 Å². The maximum Gasteiger partial charge on any atom is 0.274 e. The topological polar surface area (TPSA) is 66.4 Å². The molecular weight excluding hydrogens is 407 g/mol. The van der Waals surface area contributed by atoms with Crippen molar-refractivity contribution in [3.63, 3.8) is 0 Å². The molecule has 1 aliphatic rings. The summed E-state index contributed by atoms with van der Waals surface area (Å²) in [6.45, 7) is 3.62. The molecule has 0 N–H and O–H groups in total. The molecule has 4 rings (SSSR count). The van der Waals surface area contributed by atoms with Crippen molar-refractivity contribution < 1.29 is 14.0 Å². The second-order valence-electron chi connectivity index (χ2n) is 7.80. The third-order valence-electron chi connectivity index (χ3n) is 5.71. The van der Waals surface area contributed by atoms with Crippen molar-refractivity contribution >= 4 is 11.8 Å². The van der Waals surface area contributed by atoms with Crippen LogP contribution in [0, 0.1) is 5.82 Å². The fraction of sp³-hybridized carbons (Fsp3) is 0.280. The van der Waals surface area contributed by atoms with Gasteiger partial charge in [-0.2, -0.15) is 0 Å². The van der Waals surface area contributed by atoms with E-state index in [1.54, 1.807) is 17.0 Å². The molecule has 0 unspecified atom stereocenters. The van der Waals surface area contributed by atoms with E-state index in [0.29, 0.717) is 26.1 Å². The summed E-state index contributed by atoms with van der Waals surface area (Å²) in [5.41, 5.74) is 2.93. The Kier molecular flexibility index (Phi) is 6.54. The molecule has 0 radical (unpaired) electrons. The lowest BCUT2D eigenvalue weighted by atomic mass is 9.93. The first-order chi connectivity index (χ1) is 15.6. The Balaban J connectivity index is 1.68. The first-order valence-corrected chi connectivity index (χ1v) is 10.8. The molecule has 3 aromatic rings. The highest BCUT2D eigenvalue weighted by Crippen LogP contribution is 2.27. The van der Waals surface area contributed by atoms with Gasteiger partial charge in [0.1, 0.15) is 17.6 Å². The normalized spacial score (nSPS) is 16.3. The minimum absolute atomic E-state index is 0.0655. The van der Waals surface area contributed by atoms with Gasteiger partial charge in [0.05, 0.1) is 6.20 Å². The van der Waals surface area contributed by atoms with Gasteiger partial charge in [0.15, 0.2) is 0 Å². The Morgan fingerprint density at radius 2 is 1.88 bits per heavy atom. The van der Waals surface area contributed by atoms with Crippen molar-refractivity contribution in [2.24, 2.45) is 0 Å². The van der Waals surface area contributed by atoms with E-state index in [2.05, 4.69) is 9.97 Å². The number of rotatable bonds is 6. The van der Waals surface area contributed by atoms with Crippen molar-refractivity contribution in [3.8, 4) is 11.1 Å². The first-order valence-electron chi connectivity index (χ1n) is 10.8. The van der Waals surface area contributed by atoms with Gasteiger partial charge in [0.25, 0.3) is 5.91 Å². The monoisotopic (exact) mass is 432 g/mol. The summed E-state index contributed by atoms with van der Waals surface area (Å²) < 4.78 is 13.4. The summed E-state index contributed by atoms with van der Waals surface area (Å²) in [6, 6.07) is 13.4. The number of aromatic nitrogens is 2. The van der Waals surface area contributed by atoms with Gasteiger partial charge in [-0.15, -0.1) is 0 Å². The van der Waals surface area contributed by atoms with Crippen LogP contribution in [0.25, 0.3) is 11.1 Å². The fourth-order valence-corrected chi connectivity index (χ4v) is 4.15. The van der Waals surface area contributed by atoms with Crippen LogP contribution >= 0.6 is 0 Å². The van der Waals surface area contributed by atoms with Crippen LogP contribution in [-0.4, -0.2) is 57.3 Å². The average Bonchev–Trinajstić information content (AvgIpc) is 2.83. The van der Waals surface area contributed by atoms with Gasteiger partial charge in [0.2, 0.25) is 5.91 Å². The number of benzene rings is 2. The molecular formula is C25H25FN4O2. The van der Waals surface area contributed by atoms with Crippen molar-refractivity contribution in [3.05, 3.63) is 84.2 Å². The van der Waals surface area contributed by atoms with Gasteiger partial charge in [-0.3, -0.25) is 14.6 Å². The molecule has 32 heavy (non-hydrogen) atoms. The van der Waals surface area contributed by atoms with Crippen molar-refractivity contribution in [1.82, 2.24) is 19.8 Å². The molecule has 0 spiro atoms. The van der Waals surface area contributed by atoms with E-state index in [-0.39, 0.29) is 23.3 Å². The molecule has 0 bridgehead atoms. The first kappa shape index (κ1) is 21.6. The number of halogens is 1. The Bertz CT molecular complexity index is 1090. The third-order valence-corrected chi connectivity index (χ3v) is 5.71. The van der Waals surface area contributed by atoms with Crippen LogP contribution in [0.15, 0.2) is 67.1 Å². The minimum Gasteiger partial charge on any atom is -0.339 e. The highest BCUT2D eigenvalue weighted by Gasteiger charge is 2.38. The zero-order valence-electron chi connectivity index (χ0n) is 17.9. The van der Waals surface area contributed by atoms with Crippen molar-refractivity contribution in [2.45, 2.75) is 25.8 Å². The van der Waals surface area contributed by atoms with E-state index in [0.717, 1.165) is 23.1 Å². The van der Waals surface area contributed by atoms with Crippen LogP contribution in [-0.2, 0) is 11.2 Å². The van der Waals surface area contributed by atoms with Gasteiger partial charge in [-0.05, 0) is 35.2 Å².